The zero-order chi connectivity index (χ0) is 18.5. The molecule has 0 fully saturated rings. The number of anilines is 2. The first-order valence-electron chi connectivity index (χ1n) is 8.79. The molecule has 138 valence electrons. The quantitative estimate of drug-likeness (QED) is 0.695. The van der Waals surface area contributed by atoms with Gasteiger partial charge in [0.15, 0.2) is 0 Å². The lowest BCUT2D eigenvalue weighted by atomic mass is 9.95. The van der Waals surface area contributed by atoms with Crippen LogP contribution in [0.15, 0.2) is 24.3 Å². The molecule has 6 nitrogen and oxygen atoms in total. The molecule has 0 radical (unpaired) electrons. The molecule has 7 heteroatoms. The summed E-state index contributed by atoms with van der Waals surface area (Å²) in [7, 11) is 0. The van der Waals surface area contributed by atoms with Crippen LogP contribution in [0, 0.1) is 0 Å². The van der Waals surface area contributed by atoms with Crippen molar-refractivity contribution in [2.75, 3.05) is 23.8 Å². The largest absolute Gasteiger partial charge is 0.494 e. The summed E-state index contributed by atoms with van der Waals surface area (Å²) in [4.78, 5) is 25.3. The minimum absolute atomic E-state index is 0.106. The van der Waals surface area contributed by atoms with Crippen molar-refractivity contribution in [2.45, 2.75) is 32.6 Å². The first-order valence-corrected chi connectivity index (χ1v) is 9.61. The van der Waals surface area contributed by atoms with Crippen molar-refractivity contribution in [1.82, 2.24) is 0 Å². The Morgan fingerprint density at radius 3 is 2.62 bits per heavy atom. The maximum atomic E-state index is 12.3. The van der Waals surface area contributed by atoms with Gasteiger partial charge in [0.25, 0.3) is 5.91 Å². The third kappa shape index (κ3) is 4.16. The molecule has 0 spiro atoms. The van der Waals surface area contributed by atoms with Gasteiger partial charge < -0.3 is 21.1 Å². The lowest BCUT2D eigenvalue weighted by Gasteiger charge is -2.11. The van der Waals surface area contributed by atoms with Crippen LogP contribution >= 0.6 is 11.3 Å². The average molecular weight is 373 g/mol. The Kier molecular flexibility index (Phi) is 5.78. The average Bonchev–Trinajstić information content (AvgIpc) is 2.99. The fraction of sp³-hybridized carbons (Fsp3) is 0.368. The Hall–Kier alpha value is -2.54. The van der Waals surface area contributed by atoms with E-state index in [0.717, 1.165) is 42.7 Å². The highest BCUT2D eigenvalue weighted by Crippen LogP contribution is 2.37. The van der Waals surface area contributed by atoms with Crippen LogP contribution in [0.5, 0.6) is 5.75 Å². The van der Waals surface area contributed by atoms with Crippen molar-refractivity contribution in [3.63, 3.8) is 0 Å². The molecule has 0 aliphatic heterocycles. The Morgan fingerprint density at radius 1 is 1.19 bits per heavy atom. The topological polar surface area (TPSA) is 93.4 Å². The molecule has 0 atom stereocenters. The van der Waals surface area contributed by atoms with Gasteiger partial charge in [-0.15, -0.1) is 11.3 Å². The maximum Gasteiger partial charge on any atom is 0.251 e. The number of nitrogens with one attached hydrogen (secondary N) is 2. The number of ether oxygens (including phenoxy) is 1. The molecular formula is C19H23N3O3S. The smallest absolute Gasteiger partial charge is 0.251 e. The molecule has 1 aromatic heterocycles. The molecule has 1 aliphatic rings. The van der Waals surface area contributed by atoms with Gasteiger partial charge in [-0.1, -0.05) is 0 Å². The fourth-order valence-corrected chi connectivity index (χ4v) is 4.41. The summed E-state index contributed by atoms with van der Waals surface area (Å²) in [6.45, 7) is 2.65. The molecular weight excluding hydrogens is 350 g/mol. The normalized spacial score (nSPS) is 13.0. The molecule has 1 heterocycles. The SMILES string of the molecule is CCOc1ccc(NCC(=O)Nc2sc3c(c2C(N)=O)CCCC3)cc1. The van der Waals surface area contributed by atoms with Crippen LogP contribution in [-0.4, -0.2) is 25.0 Å². The fourth-order valence-electron chi connectivity index (χ4n) is 3.10. The number of primary amides is 1. The number of carbonyl (C=O) groups is 2. The molecule has 0 saturated carbocycles. The number of amides is 2. The summed E-state index contributed by atoms with van der Waals surface area (Å²) in [5.74, 6) is 0.108. The highest BCUT2D eigenvalue weighted by atomic mass is 32.1. The molecule has 1 aromatic carbocycles. The van der Waals surface area contributed by atoms with E-state index >= 15 is 0 Å². The minimum atomic E-state index is -0.473. The highest BCUT2D eigenvalue weighted by molar-refractivity contribution is 7.17. The summed E-state index contributed by atoms with van der Waals surface area (Å²) >= 11 is 1.47. The van der Waals surface area contributed by atoms with Gasteiger partial charge in [0.1, 0.15) is 10.8 Å². The number of rotatable bonds is 7. The van der Waals surface area contributed by atoms with Crippen molar-refractivity contribution in [2.24, 2.45) is 5.73 Å². The second kappa shape index (κ2) is 8.23. The number of thiophene rings is 1. The molecule has 2 aromatic rings. The zero-order valence-corrected chi connectivity index (χ0v) is 15.6. The second-order valence-electron chi connectivity index (χ2n) is 6.14. The van der Waals surface area contributed by atoms with Crippen molar-refractivity contribution in [3.05, 3.63) is 40.3 Å². The third-order valence-corrected chi connectivity index (χ3v) is 5.50. The highest BCUT2D eigenvalue weighted by Gasteiger charge is 2.24. The first kappa shape index (κ1) is 18.3. The lowest BCUT2D eigenvalue weighted by Crippen LogP contribution is -2.23. The van der Waals surface area contributed by atoms with Gasteiger partial charge in [-0.05, 0) is 62.4 Å². The van der Waals surface area contributed by atoms with E-state index in [4.69, 9.17) is 10.5 Å². The summed E-state index contributed by atoms with van der Waals surface area (Å²) in [6.07, 6.45) is 3.96. The van der Waals surface area contributed by atoms with Crippen LogP contribution in [0.3, 0.4) is 0 Å². The molecule has 3 rings (SSSR count). The first-order chi connectivity index (χ1) is 12.6. The molecule has 2 amide bonds. The summed E-state index contributed by atoms with van der Waals surface area (Å²) < 4.78 is 5.39. The second-order valence-corrected chi connectivity index (χ2v) is 7.24. The number of fused-ring (bicyclic) bond motifs is 1. The molecule has 0 bridgehead atoms. The number of carbonyl (C=O) groups excluding carboxylic acids is 2. The van der Waals surface area contributed by atoms with Crippen LogP contribution in [0.25, 0.3) is 0 Å². The minimum Gasteiger partial charge on any atom is -0.494 e. The number of aryl methyl sites for hydroxylation is 1. The van der Waals surface area contributed by atoms with Gasteiger partial charge in [-0.25, -0.2) is 0 Å². The molecule has 0 saturated heterocycles. The van der Waals surface area contributed by atoms with Gasteiger partial charge in [0.05, 0.1) is 18.7 Å². The van der Waals surface area contributed by atoms with E-state index in [1.54, 1.807) is 0 Å². The Labute approximate surface area is 156 Å². The van der Waals surface area contributed by atoms with Gasteiger partial charge in [0, 0.05) is 10.6 Å². The zero-order valence-electron chi connectivity index (χ0n) is 14.8. The summed E-state index contributed by atoms with van der Waals surface area (Å²) in [6, 6.07) is 7.42. The Morgan fingerprint density at radius 2 is 1.92 bits per heavy atom. The third-order valence-electron chi connectivity index (χ3n) is 4.29. The van der Waals surface area contributed by atoms with Crippen molar-refractivity contribution < 1.29 is 14.3 Å². The van der Waals surface area contributed by atoms with Crippen LogP contribution in [0.1, 0.15) is 40.6 Å². The van der Waals surface area contributed by atoms with Crippen LogP contribution in [0.4, 0.5) is 10.7 Å². The molecule has 0 unspecified atom stereocenters. The van der Waals surface area contributed by atoms with Crippen molar-refractivity contribution in [1.29, 1.82) is 0 Å². The lowest BCUT2D eigenvalue weighted by molar-refractivity contribution is -0.114. The van der Waals surface area contributed by atoms with Gasteiger partial charge in [-0.2, -0.15) is 0 Å². The standard InChI is InChI=1S/C19H23N3O3S/c1-2-25-13-9-7-12(8-10-13)21-11-16(23)22-19-17(18(20)24)14-5-3-4-6-15(14)26-19/h7-10,21H,2-6,11H2,1H3,(H2,20,24)(H,22,23). The Bertz CT molecular complexity index is 799. The molecule has 26 heavy (non-hydrogen) atoms. The van der Waals surface area contributed by atoms with Crippen LogP contribution < -0.4 is 21.1 Å². The van der Waals surface area contributed by atoms with E-state index in [1.807, 2.05) is 31.2 Å². The number of hydrogen-bond donors (Lipinski definition) is 3. The van der Waals surface area contributed by atoms with Gasteiger partial charge >= 0.3 is 0 Å². The van der Waals surface area contributed by atoms with E-state index < -0.39 is 5.91 Å². The van der Waals surface area contributed by atoms with Crippen LogP contribution in [-0.2, 0) is 17.6 Å². The number of benzene rings is 1. The monoisotopic (exact) mass is 373 g/mol. The maximum absolute atomic E-state index is 12.3. The number of hydrogen-bond acceptors (Lipinski definition) is 5. The van der Waals surface area contributed by atoms with E-state index in [-0.39, 0.29) is 12.5 Å². The van der Waals surface area contributed by atoms with E-state index in [2.05, 4.69) is 10.6 Å². The summed E-state index contributed by atoms with van der Waals surface area (Å²) in [5.41, 5.74) is 7.88. The van der Waals surface area contributed by atoms with E-state index in [9.17, 15) is 9.59 Å². The van der Waals surface area contributed by atoms with Crippen LogP contribution in [0.2, 0.25) is 0 Å². The van der Waals surface area contributed by atoms with Gasteiger partial charge in [0.2, 0.25) is 5.91 Å². The van der Waals surface area contributed by atoms with E-state index in [0.29, 0.717) is 17.2 Å². The number of nitrogens with two attached hydrogens (primary N) is 1. The Balaban J connectivity index is 1.63. The summed E-state index contributed by atoms with van der Waals surface area (Å²) in [5, 5.41) is 6.48. The predicted molar refractivity (Wildman–Crippen MR) is 104 cm³/mol. The molecule has 4 N–H and O–H groups in total. The van der Waals surface area contributed by atoms with Crippen molar-refractivity contribution in [3.8, 4) is 5.75 Å². The predicted octanol–water partition coefficient (Wildman–Crippen LogP) is 3.18. The van der Waals surface area contributed by atoms with Crippen molar-refractivity contribution >= 4 is 33.8 Å². The van der Waals surface area contributed by atoms with E-state index in [1.165, 1.54) is 16.2 Å². The van der Waals surface area contributed by atoms with Gasteiger partial charge in [-0.3, -0.25) is 9.59 Å². The molecule has 1 aliphatic carbocycles.